The minimum atomic E-state index is 0.649. The summed E-state index contributed by atoms with van der Waals surface area (Å²) < 4.78 is 5.33. The standard InChI is InChI=1S/C10H15N3O/c1-2-14-9-5-6-11-10(12-9)13-7-3-4-8-13/h5-6H,2-4,7-8H2,1H3. The van der Waals surface area contributed by atoms with E-state index in [1.165, 1.54) is 12.8 Å². The lowest BCUT2D eigenvalue weighted by molar-refractivity contribution is 0.326. The normalized spacial score (nSPS) is 15.9. The van der Waals surface area contributed by atoms with Gasteiger partial charge in [-0.1, -0.05) is 0 Å². The van der Waals surface area contributed by atoms with E-state index in [9.17, 15) is 0 Å². The van der Waals surface area contributed by atoms with Crippen LogP contribution in [0.2, 0.25) is 0 Å². The van der Waals surface area contributed by atoms with Gasteiger partial charge in [-0.3, -0.25) is 0 Å². The first-order chi connectivity index (χ1) is 6.90. The van der Waals surface area contributed by atoms with Gasteiger partial charge in [0.1, 0.15) is 0 Å². The molecule has 0 amide bonds. The molecule has 0 bridgehead atoms. The summed E-state index contributed by atoms with van der Waals surface area (Å²) in [6.07, 6.45) is 4.23. The van der Waals surface area contributed by atoms with E-state index in [4.69, 9.17) is 4.74 Å². The van der Waals surface area contributed by atoms with Gasteiger partial charge in [-0.05, 0) is 19.8 Å². The van der Waals surface area contributed by atoms with E-state index < -0.39 is 0 Å². The molecule has 0 unspecified atom stereocenters. The van der Waals surface area contributed by atoms with E-state index in [-0.39, 0.29) is 0 Å². The van der Waals surface area contributed by atoms with Crippen molar-refractivity contribution in [1.82, 2.24) is 9.97 Å². The van der Waals surface area contributed by atoms with Crippen molar-refractivity contribution in [1.29, 1.82) is 0 Å². The maximum atomic E-state index is 5.33. The minimum absolute atomic E-state index is 0.649. The number of hydrogen-bond acceptors (Lipinski definition) is 4. The molecule has 76 valence electrons. The molecule has 1 aromatic rings. The zero-order valence-electron chi connectivity index (χ0n) is 8.44. The van der Waals surface area contributed by atoms with Crippen LogP contribution >= 0.6 is 0 Å². The van der Waals surface area contributed by atoms with Gasteiger partial charge in [-0.15, -0.1) is 0 Å². The Kier molecular flexibility index (Phi) is 2.81. The Labute approximate surface area is 83.9 Å². The third-order valence-electron chi connectivity index (χ3n) is 2.30. The average molecular weight is 193 g/mol. The van der Waals surface area contributed by atoms with Crippen LogP contribution in [0, 0.1) is 0 Å². The molecule has 0 aromatic carbocycles. The van der Waals surface area contributed by atoms with Gasteiger partial charge in [-0.25, -0.2) is 4.98 Å². The van der Waals surface area contributed by atoms with Gasteiger partial charge in [0, 0.05) is 25.4 Å². The summed E-state index contributed by atoms with van der Waals surface area (Å²) >= 11 is 0. The fraction of sp³-hybridized carbons (Fsp3) is 0.600. The van der Waals surface area contributed by atoms with Gasteiger partial charge < -0.3 is 9.64 Å². The zero-order chi connectivity index (χ0) is 9.80. The van der Waals surface area contributed by atoms with Crippen molar-refractivity contribution in [2.24, 2.45) is 0 Å². The molecule has 1 aromatic heterocycles. The second-order valence-electron chi connectivity index (χ2n) is 3.32. The predicted molar refractivity (Wildman–Crippen MR) is 54.6 cm³/mol. The first kappa shape index (κ1) is 9.24. The number of ether oxygens (including phenoxy) is 1. The Bertz CT molecular complexity index is 297. The van der Waals surface area contributed by atoms with E-state index >= 15 is 0 Å². The molecular weight excluding hydrogens is 178 g/mol. The predicted octanol–water partition coefficient (Wildman–Crippen LogP) is 1.48. The number of anilines is 1. The van der Waals surface area contributed by atoms with Crippen LogP contribution in [0.5, 0.6) is 5.88 Å². The van der Waals surface area contributed by atoms with Gasteiger partial charge in [0.15, 0.2) is 0 Å². The van der Waals surface area contributed by atoms with Crippen LogP contribution in [-0.2, 0) is 0 Å². The lowest BCUT2D eigenvalue weighted by Crippen LogP contribution is -2.20. The molecule has 2 rings (SSSR count). The van der Waals surface area contributed by atoms with Crippen molar-refractivity contribution in [2.75, 3.05) is 24.6 Å². The van der Waals surface area contributed by atoms with Crippen LogP contribution in [0.4, 0.5) is 5.95 Å². The minimum Gasteiger partial charge on any atom is -0.478 e. The first-order valence-electron chi connectivity index (χ1n) is 5.11. The fourth-order valence-corrected chi connectivity index (χ4v) is 1.63. The molecule has 4 heteroatoms. The molecule has 0 radical (unpaired) electrons. The van der Waals surface area contributed by atoms with E-state index in [1.54, 1.807) is 12.3 Å². The average Bonchev–Trinajstić information content (AvgIpc) is 2.71. The molecule has 0 atom stereocenters. The highest BCUT2D eigenvalue weighted by atomic mass is 16.5. The molecule has 0 aliphatic carbocycles. The number of nitrogens with zero attached hydrogens (tertiary/aromatic N) is 3. The molecule has 1 saturated heterocycles. The van der Waals surface area contributed by atoms with Crippen LogP contribution in [0.25, 0.3) is 0 Å². The summed E-state index contributed by atoms with van der Waals surface area (Å²) in [5.74, 6) is 1.47. The van der Waals surface area contributed by atoms with Crippen molar-refractivity contribution in [3.63, 3.8) is 0 Å². The van der Waals surface area contributed by atoms with Crippen LogP contribution in [0.15, 0.2) is 12.3 Å². The number of hydrogen-bond donors (Lipinski definition) is 0. The quantitative estimate of drug-likeness (QED) is 0.728. The van der Waals surface area contributed by atoms with Gasteiger partial charge in [0.05, 0.1) is 6.61 Å². The highest BCUT2D eigenvalue weighted by Crippen LogP contribution is 2.17. The third-order valence-corrected chi connectivity index (χ3v) is 2.30. The SMILES string of the molecule is CCOc1ccnc(N2CCCC2)n1. The molecule has 0 saturated carbocycles. The number of aromatic nitrogens is 2. The molecule has 2 heterocycles. The van der Waals surface area contributed by atoms with Crippen molar-refractivity contribution < 1.29 is 4.74 Å². The summed E-state index contributed by atoms with van der Waals surface area (Å²) in [5.41, 5.74) is 0. The van der Waals surface area contributed by atoms with E-state index in [0.29, 0.717) is 12.5 Å². The second kappa shape index (κ2) is 4.26. The smallest absolute Gasteiger partial charge is 0.228 e. The van der Waals surface area contributed by atoms with E-state index in [2.05, 4.69) is 14.9 Å². The van der Waals surface area contributed by atoms with Crippen LogP contribution in [0.1, 0.15) is 19.8 Å². The highest BCUT2D eigenvalue weighted by Gasteiger charge is 2.14. The Balaban J connectivity index is 2.12. The van der Waals surface area contributed by atoms with Crippen molar-refractivity contribution in [3.8, 4) is 5.88 Å². The van der Waals surface area contributed by atoms with Crippen LogP contribution in [0.3, 0.4) is 0 Å². The van der Waals surface area contributed by atoms with Crippen LogP contribution < -0.4 is 9.64 Å². The Morgan fingerprint density at radius 2 is 2.21 bits per heavy atom. The van der Waals surface area contributed by atoms with Crippen molar-refractivity contribution >= 4 is 5.95 Å². The maximum absolute atomic E-state index is 5.33. The summed E-state index contributed by atoms with van der Waals surface area (Å²) in [4.78, 5) is 10.8. The van der Waals surface area contributed by atoms with Gasteiger partial charge in [0.25, 0.3) is 0 Å². The van der Waals surface area contributed by atoms with Crippen LogP contribution in [-0.4, -0.2) is 29.7 Å². The summed E-state index contributed by atoms with van der Waals surface area (Å²) in [7, 11) is 0. The van der Waals surface area contributed by atoms with Gasteiger partial charge >= 0.3 is 0 Å². The Morgan fingerprint density at radius 3 is 2.93 bits per heavy atom. The fourth-order valence-electron chi connectivity index (χ4n) is 1.63. The second-order valence-corrected chi connectivity index (χ2v) is 3.32. The van der Waals surface area contributed by atoms with Crippen molar-refractivity contribution in [2.45, 2.75) is 19.8 Å². The molecule has 14 heavy (non-hydrogen) atoms. The molecule has 0 spiro atoms. The zero-order valence-corrected chi connectivity index (χ0v) is 8.44. The summed E-state index contributed by atoms with van der Waals surface area (Å²) in [5, 5.41) is 0. The molecule has 4 nitrogen and oxygen atoms in total. The van der Waals surface area contributed by atoms with Crippen molar-refractivity contribution in [3.05, 3.63) is 12.3 Å². The third kappa shape index (κ3) is 1.95. The summed E-state index contributed by atoms with van der Waals surface area (Å²) in [6, 6.07) is 1.79. The molecule has 1 aliphatic heterocycles. The molecular formula is C10H15N3O. The summed E-state index contributed by atoms with van der Waals surface area (Å²) in [6.45, 7) is 4.74. The van der Waals surface area contributed by atoms with E-state index in [1.807, 2.05) is 6.92 Å². The van der Waals surface area contributed by atoms with Gasteiger partial charge in [-0.2, -0.15) is 4.98 Å². The molecule has 0 N–H and O–H groups in total. The lowest BCUT2D eigenvalue weighted by Gasteiger charge is -2.14. The molecule has 1 aliphatic rings. The monoisotopic (exact) mass is 193 g/mol. The number of rotatable bonds is 3. The van der Waals surface area contributed by atoms with Gasteiger partial charge in [0.2, 0.25) is 11.8 Å². The Morgan fingerprint density at radius 1 is 1.43 bits per heavy atom. The first-order valence-corrected chi connectivity index (χ1v) is 5.11. The van der Waals surface area contributed by atoms with E-state index in [0.717, 1.165) is 19.0 Å². The largest absolute Gasteiger partial charge is 0.478 e. The molecule has 1 fully saturated rings. The maximum Gasteiger partial charge on any atom is 0.228 e. The lowest BCUT2D eigenvalue weighted by atomic mass is 10.4. The highest BCUT2D eigenvalue weighted by molar-refractivity contribution is 5.32. The topological polar surface area (TPSA) is 38.2 Å². The Hall–Kier alpha value is -1.32.